The molecule has 12 heteroatoms. The number of hydrogen-bond acceptors (Lipinski definition) is 9. The highest BCUT2D eigenvalue weighted by Gasteiger charge is 2.30. The molecular weight excluding hydrogens is 765 g/mol. The zero-order valence-electron chi connectivity index (χ0n) is 33.0. The van der Waals surface area contributed by atoms with Crippen LogP contribution in [0.3, 0.4) is 0 Å². The maximum Gasteiger partial charge on any atom is 0.338 e. The quantitative estimate of drug-likeness (QED) is 0.0544. The third-order valence-corrected chi connectivity index (χ3v) is 12.5. The molecule has 3 aromatic carbocycles. The lowest BCUT2D eigenvalue weighted by molar-refractivity contribution is 0.0524. The summed E-state index contributed by atoms with van der Waals surface area (Å²) in [5.74, 6) is -1.16. The molecule has 0 bridgehead atoms. The summed E-state index contributed by atoms with van der Waals surface area (Å²) in [7, 11) is 2.11. The molecule has 0 saturated heterocycles. The molecule has 1 saturated carbocycles. The molecule has 2 aliphatic carbocycles. The fourth-order valence-electron chi connectivity index (χ4n) is 7.26. The molecule has 2 amide bonds. The van der Waals surface area contributed by atoms with Crippen molar-refractivity contribution in [3.63, 3.8) is 0 Å². The highest BCUT2D eigenvalue weighted by atomic mass is 32.1. The molecule has 2 N–H and O–H groups in total. The SMILES string of the molecule is COC(=O)c1ccc(CCc2ccc(NC(=O)c3c(NC(=O)c4cccc(CN(Cc5cc(C(=O)OCC[Si]C)ccn5)C5CC5)c4)sc4c3CCCC4)cc2)cc1. The van der Waals surface area contributed by atoms with Crippen LogP contribution in [0, 0.1) is 0 Å². The van der Waals surface area contributed by atoms with Crippen LogP contribution >= 0.6 is 11.3 Å². The average Bonchev–Trinajstić information content (AvgIpc) is 4.04. The summed E-state index contributed by atoms with van der Waals surface area (Å²) in [4.78, 5) is 60.2. The van der Waals surface area contributed by atoms with Crippen LogP contribution in [0.15, 0.2) is 91.1 Å². The number of rotatable bonds is 17. The lowest BCUT2D eigenvalue weighted by Crippen LogP contribution is -2.26. The summed E-state index contributed by atoms with van der Waals surface area (Å²) in [6, 6.07) is 27.7. The number of ether oxygens (including phenoxy) is 2. The standard InChI is InChI=1S/C46H48N4O6SSi/c1-55-45(53)33-16-12-30(13-17-33)10-11-31-14-18-36(19-15-31)48-43(52)41-39-8-3-4-9-40(39)57-44(41)49-42(51)34-7-5-6-32(26-34)28-50(38-20-21-38)29-37-27-35(22-23-47-37)46(54)56-24-25-58-2/h5-7,12-19,22-23,26-27,38H,3-4,8-11,20-21,24-25,28-29H2,1-2H3,(H,48,52)(H,49,51). The van der Waals surface area contributed by atoms with E-state index < -0.39 is 0 Å². The van der Waals surface area contributed by atoms with E-state index in [9.17, 15) is 19.2 Å². The summed E-state index contributed by atoms with van der Waals surface area (Å²) < 4.78 is 10.2. The van der Waals surface area contributed by atoms with E-state index in [2.05, 4.69) is 27.1 Å². The average molecular weight is 813 g/mol. The minimum absolute atomic E-state index is 0.228. The van der Waals surface area contributed by atoms with Crippen LogP contribution in [0.2, 0.25) is 12.6 Å². The smallest absolute Gasteiger partial charge is 0.338 e. The summed E-state index contributed by atoms with van der Waals surface area (Å²) in [5.41, 5.74) is 7.87. The predicted molar refractivity (Wildman–Crippen MR) is 228 cm³/mol. The van der Waals surface area contributed by atoms with Gasteiger partial charge in [0.2, 0.25) is 0 Å². The summed E-state index contributed by atoms with van der Waals surface area (Å²) in [5, 5.41) is 6.80. The van der Waals surface area contributed by atoms with Gasteiger partial charge in [0.15, 0.2) is 0 Å². The number of fused-ring (bicyclic) bond motifs is 1. The maximum atomic E-state index is 14.0. The Morgan fingerprint density at radius 1 is 0.793 bits per heavy atom. The van der Waals surface area contributed by atoms with Crippen molar-refractivity contribution in [1.82, 2.24) is 9.88 Å². The Bertz CT molecular complexity index is 2250. The first kappa shape index (κ1) is 40.8. The number of carbonyl (C=O) groups is 4. The van der Waals surface area contributed by atoms with Gasteiger partial charge >= 0.3 is 11.9 Å². The summed E-state index contributed by atoms with van der Waals surface area (Å²) in [6.45, 7) is 3.71. The molecule has 0 spiro atoms. The lowest BCUT2D eigenvalue weighted by Gasteiger charge is -2.22. The number of pyridine rings is 1. The molecule has 7 rings (SSSR count). The second kappa shape index (κ2) is 19.3. The Kier molecular flexibility index (Phi) is 13.6. The molecular formula is C46H48N4O6SSi. The summed E-state index contributed by atoms with van der Waals surface area (Å²) >= 11 is 1.50. The van der Waals surface area contributed by atoms with Crippen LogP contribution in [0.25, 0.3) is 0 Å². The van der Waals surface area contributed by atoms with Crippen molar-refractivity contribution >= 4 is 55.3 Å². The van der Waals surface area contributed by atoms with Crippen LogP contribution < -0.4 is 10.6 Å². The van der Waals surface area contributed by atoms with Crippen LogP contribution in [0.4, 0.5) is 10.7 Å². The van der Waals surface area contributed by atoms with Crippen molar-refractivity contribution in [2.75, 3.05) is 24.4 Å². The van der Waals surface area contributed by atoms with E-state index in [4.69, 9.17) is 9.47 Å². The zero-order chi connectivity index (χ0) is 40.4. The van der Waals surface area contributed by atoms with Crippen LogP contribution in [-0.4, -0.2) is 62.9 Å². The van der Waals surface area contributed by atoms with Gasteiger partial charge in [-0.05, 0) is 128 Å². The second-order valence-electron chi connectivity index (χ2n) is 14.8. The minimum Gasteiger partial charge on any atom is -0.465 e. The van der Waals surface area contributed by atoms with E-state index in [1.54, 1.807) is 24.4 Å². The van der Waals surface area contributed by atoms with Gasteiger partial charge in [0.25, 0.3) is 11.8 Å². The lowest BCUT2D eigenvalue weighted by atomic mass is 9.95. The molecule has 0 unspecified atom stereocenters. The number of hydrogen-bond donors (Lipinski definition) is 2. The van der Waals surface area contributed by atoms with Gasteiger partial charge in [-0.25, -0.2) is 9.59 Å². The molecule has 298 valence electrons. The molecule has 0 aliphatic heterocycles. The van der Waals surface area contributed by atoms with Crippen molar-refractivity contribution in [3.05, 3.63) is 146 Å². The molecule has 2 radical (unpaired) electrons. The van der Waals surface area contributed by atoms with Gasteiger partial charge < -0.3 is 20.1 Å². The van der Waals surface area contributed by atoms with E-state index in [1.807, 2.05) is 66.7 Å². The number of esters is 2. The van der Waals surface area contributed by atoms with E-state index >= 15 is 0 Å². The Morgan fingerprint density at radius 2 is 1.53 bits per heavy atom. The van der Waals surface area contributed by atoms with Crippen molar-refractivity contribution < 1.29 is 28.7 Å². The monoisotopic (exact) mass is 812 g/mol. The number of nitrogens with one attached hydrogen (secondary N) is 2. The summed E-state index contributed by atoms with van der Waals surface area (Å²) in [6.07, 6.45) is 9.21. The first-order chi connectivity index (χ1) is 28.3. The zero-order valence-corrected chi connectivity index (χ0v) is 34.8. The molecule has 2 heterocycles. The topological polar surface area (TPSA) is 127 Å². The number of carbonyl (C=O) groups excluding carboxylic acids is 4. The van der Waals surface area contributed by atoms with Gasteiger partial charge in [-0.15, -0.1) is 11.3 Å². The van der Waals surface area contributed by atoms with Gasteiger partial charge in [-0.3, -0.25) is 19.5 Å². The number of amides is 2. The Labute approximate surface area is 346 Å². The number of thiophene rings is 1. The fraction of sp³-hybridized carbons (Fsp3) is 0.326. The van der Waals surface area contributed by atoms with Crippen molar-refractivity contribution in [2.45, 2.75) is 83.1 Å². The Balaban J connectivity index is 0.995. The molecule has 10 nitrogen and oxygen atoms in total. The van der Waals surface area contributed by atoms with E-state index in [-0.39, 0.29) is 23.8 Å². The first-order valence-corrected chi connectivity index (χ1v) is 22.4. The predicted octanol–water partition coefficient (Wildman–Crippen LogP) is 8.59. The van der Waals surface area contributed by atoms with Crippen LogP contribution in [0.1, 0.15) is 99.9 Å². The molecule has 1 fully saturated rings. The van der Waals surface area contributed by atoms with Gasteiger partial charge in [0, 0.05) is 51.0 Å². The Morgan fingerprint density at radius 3 is 2.26 bits per heavy atom. The highest BCUT2D eigenvalue weighted by molar-refractivity contribution is 7.17. The van der Waals surface area contributed by atoms with Crippen molar-refractivity contribution in [3.8, 4) is 0 Å². The largest absolute Gasteiger partial charge is 0.465 e. The van der Waals surface area contributed by atoms with Gasteiger partial charge in [-0.1, -0.05) is 42.9 Å². The van der Waals surface area contributed by atoms with Crippen LogP contribution in [-0.2, 0) is 48.2 Å². The fourth-order valence-corrected chi connectivity index (χ4v) is 8.85. The van der Waals surface area contributed by atoms with E-state index in [0.29, 0.717) is 58.7 Å². The highest BCUT2D eigenvalue weighted by Crippen LogP contribution is 2.39. The van der Waals surface area contributed by atoms with E-state index in [0.717, 1.165) is 99.8 Å². The maximum absolute atomic E-state index is 14.0. The molecule has 2 aromatic heterocycles. The first-order valence-electron chi connectivity index (χ1n) is 19.9. The third kappa shape index (κ3) is 10.5. The normalized spacial score (nSPS) is 13.4. The van der Waals surface area contributed by atoms with Crippen LogP contribution in [0.5, 0.6) is 0 Å². The number of aromatic nitrogens is 1. The van der Waals surface area contributed by atoms with Gasteiger partial charge in [0.1, 0.15) is 5.00 Å². The van der Waals surface area contributed by atoms with Gasteiger partial charge in [0.05, 0.1) is 36.1 Å². The van der Waals surface area contributed by atoms with E-state index in [1.165, 1.54) is 18.4 Å². The Hall–Kier alpha value is -5.43. The second-order valence-corrected chi connectivity index (χ2v) is 17.1. The number of methoxy groups -OCH3 is 1. The minimum atomic E-state index is -0.350. The number of nitrogens with zero attached hydrogens (tertiary/aromatic N) is 2. The third-order valence-electron chi connectivity index (χ3n) is 10.6. The van der Waals surface area contributed by atoms with Crippen molar-refractivity contribution in [2.24, 2.45) is 0 Å². The molecule has 0 atom stereocenters. The number of aryl methyl sites for hydroxylation is 3. The van der Waals surface area contributed by atoms with Crippen molar-refractivity contribution in [1.29, 1.82) is 0 Å². The molecule has 58 heavy (non-hydrogen) atoms. The number of benzene rings is 3. The molecule has 2 aliphatic rings. The molecule has 5 aromatic rings. The number of anilines is 2. The van der Waals surface area contributed by atoms with Gasteiger partial charge in [-0.2, -0.15) is 0 Å².